The first-order chi connectivity index (χ1) is 11.1. The van der Waals surface area contributed by atoms with Gasteiger partial charge in [0.15, 0.2) is 5.76 Å². The average molecular weight is 352 g/mol. The Hall–Kier alpha value is -2.21. The van der Waals surface area contributed by atoms with Crippen molar-refractivity contribution in [3.05, 3.63) is 40.6 Å². The Morgan fingerprint density at radius 2 is 2.04 bits per heavy atom. The van der Waals surface area contributed by atoms with Crippen molar-refractivity contribution in [3.63, 3.8) is 0 Å². The molecule has 0 atom stereocenters. The summed E-state index contributed by atoms with van der Waals surface area (Å²) in [5.41, 5.74) is -1.24. The maximum absolute atomic E-state index is 12.2. The predicted molar refractivity (Wildman–Crippen MR) is 87.6 cm³/mol. The number of aliphatic hydroxyl groups is 1. The van der Waals surface area contributed by atoms with Crippen LogP contribution >= 0.6 is 11.6 Å². The smallest absolute Gasteiger partial charge is 0.410 e. The van der Waals surface area contributed by atoms with Gasteiger partial charge in [0.05, 0.1) is 13.1 Å². The summed E-state index contributed by atoms with van der Waals surface area (Å²) < 4.78 is 10.6. The number of hydrogen-bond donors (Lipinski definition) is 1. The molecule has 1 aromatic rings. The van der Waals surface area contributed by atoms with Crippen LogP contribution in [-0.4, -0.2) is 46.4 Å². The summed E-state index contributed by atoms with van der Waals surface area (Å²) in [4.78, 5) is 25.6. The standard InChI is InChI=1S/C17H18ClNO5/c1-16(2,3)24-15(22)19-8-17(9-19)13(20)12(14(21)23-17)10-5-4-6-11(18)7-10/h4-7,20H,8-9H2,1-3H3. The number of aliphatic hydroxyl groups excluding tert-OH is 1. The molecule has 128 valence electrons. The van der Waals surface area contributed by atoms with Crippen molar-refractivity contribution >= 4 is 29.2 Å². The van der Waals surface area contributed by atoms with Crippen molar-refractivity contribution in [2.75, 3.05) is 13.1 Å². The van der Waals surface area contributed by atoms with Crippen LogP contribution in [0.3, 0.4) is 0 Å². The second-order valence-corrected chi connectivity index (χ2v) is 7.39. The SMILES string of the molecule is CC(C)(C)OC(=O)N1CC2(C1)OC(=O)C(c1cccc(Cl)c1)=C2O. The van der Waals surface area contributed by atoms with E-state index in [1.165, 1.54) is 4.90 Å². The molecule has 2 aliphatic rings. The number of amides is 1. The fourth-order valence-corrected chi connectivity index (χ4v) is 2.93. The van der Waals surface area contributed by atoms with Gasteiger partial charge in [-0.25, -0.2) is 9.59 Å². The Kier molecular flexibility index (Phi) is 3.75. The van der Waals surface area contributed by atoms with Crippen LogP contribution in [0.2, 0.25) is 5.02 Å². The van der Waals surface area contributed by atoms with Crippen LogP contribution < -0.4 is 0 Å². The number of hydrogen-bond acceptors (Lipinski definition) is 5. The molecular weight excluding hydrogens is 334 g/mol. The van der Waals surface area contributed by atoms with Crippen LogP contribution in [0.1, 0.15) is 26.3 Å². The molecule has 0 radical (unpaired) electrons. The first kappa shape index (κ1) is 16.6. The van der Waals surface area contributed by atoms with E-state index in [4.69, 9.17) is 21.1 Å². The van der Waals surface area contributed by atoms with Gasteiger partial charge in [0.1, 0.15) is 11.2 Å². The van der Waals surface area contributed by atoms with Crippen molar-refractivity contribution in [1.82, 2.24) is 4.90 Å². The Morgan fingerprint density at radius 3 is 2.62 bits per heavy atom. The molecule has 1 saturated heterocycles. The molecule has 0 aliphatic carbocycles. The van der Waals surface area contributed by atoms with E-state index >= 15 is 0 Å². The molecule has 0 unspecified atom stereocenters. The molecule has 7 heteroatoms. The molecular formula is C17H18ClNO5. The number of nitrogens with zero attached hydrogens (tertiary/aromatic N) is 1. The number of ether oxygens (including phenoxy) is 2. The highest BCUT2D eigenvalue weighted by atomic mass is 35.5. The van der Waals surface area contributed by atoms with E-state index in [0.29, 0.717) is 10.6 Å². The molecule has 24 heavy (non-hydrogen) atoms. The lowest BCUT2D eigenvalue weighted by molar-refractivity contribution is -0.162. The summed E-state index contributed by atoms with van der Waals surface area (Å²) in [5.74, 6) is -0.798. The first-order valence-corrected chi connectivity index (χ1v) is 7.90. The summed E-state index contributed by atoms with van der Waals surface area (Å²) >= 11 is 5.94. The van der Waals surface area contributed by atoms with Crippen molar-refractivity contribution in [2.45, 2.75) is 32.0 Å². The first-order valence-electron chi connectivity index (χ1n) is 7.52. The second-order valence-electron chi connectivity index (χ2n) is 6.95. The van der Waals surface area contributed by atoms with Gasteiger partial charge in [0.2, 0.25) is 5.60 Å². The topological polar surface area (TPSA) is 76.1 Å². The molecule has 0 saturated carbocycles. The van der Waals surface area contributed by atoms with E-state index in [2.05, 4.69) is 0 Å². The zero-order valence-corrected chi connectivity index (χ0v) is 14.4. The van der Waals surface area contributed by atoms with E-state index in [0.717, 1.165) is 0 Å². The lowest BCUT2D eigenvalue weighted by atomic mass is 9.90. The number of esters is 1. The van der Waals surface area contributed by atoms with Crippen molar-refractivity contribution in [1.29, 1.82) is 0 Å². The fourth-order valence-electron chi connectivity index (χ4n) is 2.74. The quantitative estimate of drug-likeness (QED) is 0.786. The minimum atomic E-state index is -1.19. The number of halogens is 1. The Labute approximate surface area is 144 Å². The maximum Gasteiger partial charge on any atom is 0.410 e. The fraction of sp³-hybridized carbons (Fsp3) is 0.412. The van der Waals surface area contributed by atoms with Crippen LogP contribution in [0.4, 0.5) is 4.79 Å². The van der Waals surface area contributed by atoms with Gasteiger partial charge < -0.3 is 14.6 Å². The summed E-state index contributed by atoms with van der Waals surface area (Å²) in [7, 11) is 0. The number of benzene rings is 1. The van der Waals surface area contributed by atoms with E-state index in [1.54, 1.807) is 45.0 Å². The molecule has 1 spiro atoms. The highest BCUT2D eigenvalue weighted by Crippen LogP contribution is 2.42. The molecule has 3 rings (SSSR count). The Morgan fingerprint density at radius 1 is 1.38 bits per heavy atom. The summed E-state index contributed by atoms with van der Waals surface area (Å²) in [6.07, 6.45) is -0.506. The normalized spacial score (nSPS) is 19.3. The van der Waals surface area contributed by atoms with Gasteiger partial charge in [0.25, 0.3) is 0 Å². The molecule has 1 fully saturated rings. The van der Waals surface area contributed by atoms with Gasteiger partial charge in [-0.2, -0.15) is 0 Å². The molecule has 1 amide bonds. The van der Waals surface area contributed by atoms with Crippen molar-refractivity contribution in [2.24, 2.45) is 0 Å². The van der Waals surface area contributed by atoms with Crippen LogP contribution in [0, 0.1) is 0 Å². The minimum Gasteiger partial charge on any atom is -0.507 e. The summed E-state index contributed by atoms with van der Waals surface area (Å²) in [5, 5.41) is 11.0. The lowest BCUT2D eigenvalue weighted by Crippen LogP contribution is -2.65. The van der Waals surface area contributed by atoms with Crippen LogP contribution in [0.25, 0.3) is 5.57 Å². The maximum atomic E-state index is 12.2. The van der Waals surface area contributed by atoms with Gasteiger partial charge in [-0.05, 0) is 38.5 Å². The van der Waals surface area contributed by atoms with Gasteiger partial charge in [0, 0.05) is 5.02 Å². The molecule has 0 bridgehead atoms. The molecule has 2 aliphatic heterocycles. The van der Waals surface area contributed by atoms with Crippen LogP contribution in [0.15, 0.2) is 30.0 Å². The number of rotatable bonds is 1. The largest absolute Gasteiger partial charge is 0.507 e. The third-order valence-electron chi connectivity index (χ3n) is 3.82. The predicted octanol–water partition coefficient (Wildman–Crippen LogP) is 3.16. The van der Waals surface area contributed by atoms with Crippen LogP contribution in [0.5, 0.6) is 0 Å². The van der Waals surface area contributed by atoms with Crippen molar-refractivity contribution in [3.8, 4) is 0 Å². The molecule has 1 N–H and O–H groups in total. The highest BCUT2D eigenvalue weighted by Gasteiger charge is 2.58. The summed E-state index contributed by atoms with van der Waals surface area (Å²) in [6.45, 7) is 5.42. The van der Waals surface area contributed by atoms with Crippen molar-refractivity contribution < 1.29 is 24.2 Å². The monoisotopic (exact) mass is 351 g/mol. The van der Waals surface area contributed by atoms with E-state index in [9.17, 15) is 14.7 Å². The lowest BCUT2D eigenvalue weighted by Gasteiger charge is -2.45. The number of carbonyl (C=O) groups excluding carboxylic acids is 2. The molecule has 6 nitrogen and oxygen atoms in total. The molecule has 1 aromatic carbocycles. The third-order valence-corrected chi connectivity index (χ3v) is 4.05. The van der Waals surface area contributed by atoms with Gasteiger partial charge >= 0.3 is 12.1 Å². The van der Waals surface area contributed by atoms with E-state index in [-0.39, 0.29) is 24.4 Å². The molecule has 2 heterocycles. The molecule has 0 aromatic heterocycles. The highest BCUT2D eigenvalue weighted by molar-refractivity contribution is 6.31. The van der Waals surface area contributed by atoms with E-state index in [1.807, 2.05) is 0 Å². The second kappa shape index (κ2) is 5.41. The van der Waals surface area contributed by atoms with Gasteiger partial charge in [-0.3, -0.25) is 4.90 Å². The van der Waals surface area contributed by atoms with Gasteiger partial charge in [-0.1, -0.05) is 23.7 Å². The zero-order chi connectivity index (χ0) is 17.7. The third kappa shape index (κ3) is 2.82. The number of carbonyl (C=O) groups is 2. The average Bonchev–Trinajstić information content (AvgIpc) is 2.66. The van der Waals surface area contributed by atoms with Crippen LogP contribution in [-0.2, 0) is 14.3 Å². The Bertz CT molecular complexity index is 744. The summed E-state index contributed by atoms with van der Waals surface area (Å²) in [6, 6.07) is 6.61. The number of likely N-dealkylation sites (tertiary alicyclic amines) is 1. The van der Waals surface area contributed by atoms with Gasteiger partial charge in [-0.15, -0.1) is 0 Å². The zero-order valence-electron chi connectivity index (χ0n) is 13.6. The van der Waals surface area contributed by atoms with E-state index < -0.39 is 23.3 Å². The minimum absolute atomic E-state index is 0.0591. The Balaban J connectivity index is 1.80.